The number of hydrogen-bond donors (Lipinski definition) is 0. The van der Waals surface area contributed by atoms with Gasteiger partial charge in [-0.15, -0.1) is 0 Å². The minimum atomic E-state index is -0.401. The largest absolute Gasteiger partial charge is 0.369 e. The van der Waals surface area contributed by atoms with Crippen LogP contribution in [-0.2, 0) is 4.79 Å². The Bertz CT molecular complexity index is 1200. The minimum Gasteiger partial charge on any atom is -0.369 e. The molecule has 5 nitrogen and oxygen atoms in total. The molecule has 30 heavy (non-hydrogen) atoms. The zero-order valence-corrected chi connectivity index (χ0v) is 18.1. The van der Waals surface area contributed by atoms with Crippen molar-refractivity contribution in [1.29, 1.82) is 5.26 Å². The molecule has 0 bridgehead atoms. The second-order valence-corrected chi connectivity index (χ2v) is 10.3. The number of carbonyl (C=O) groups excluding carboxylic acids is 1. The van der Waals surface area contributed by atoms with Crippen molar-refractivity contribution in [2.45, 2.75) is 0 Å². The van der Waals surface area contributed by atoms with Crippen LogP contribution in [0.15, 0.2) is 34.8 Å². The molecule has 0 atom stereocenters. The summed E-state index contributed by atoms with van der Waals surface area (Å²) in [4.78, 5) is 21.7. The molecule has 4 aliphatic rings. The average molecular weight is 433 g/mol. The monoisotopic (exact) mass is 432 g/mol. The van der Waals surface area contributed by atoms with Crippen LogP contribution in [0.3, 0.4) is 0 Å². The lowest BCUT2D eigenvalue weighted by molar-refractivity contribution is -0.113. The molecule has 1 amide bonds. The molecule has 2 aromatic rings. The molecule has 150 valence electrons. The Kier molecular flexibility index (Phi) is 4.32. The summed E-state index contributed by atoms with van der Waals surface area (Å²) in [5.41, 5.74) is 6.07. The molecular formula is C23H20N4OS2. The van der Waals surface area contributed by atoms with E-state index in [4.69, 9.17) is 0 Å². The Balaban J connectivity index is 1.63. The Hall–Kier alpha value is -2.43. The SMILES string of the molecule is N#CC1=C2C(=NC1=O)c1c(N3CCSCC3)ccc3c(N4CCSCC4)ccc2c13. The summed E-state index contributed by atoms with van der Waals surface area (Å²) >= 11 is 3.99. The van der Waals surface area contributed by atoms with Gasteiger partial charge in [-0.05, 0) is 17.7 Å². The fraction of sp³-hybridized carbons (Fsp3) is 0.348. The molecule has 0 saturated carbocycles. The molecule has 1 aliphatic carbocycles. The molecule has 3 aliphatic heterocycles. The molecular weight excluding hydrogens is 412 g/mol. The average Bonchev–Trinajstić information content (AvgIpc) is 3.29. The van der Waals surface area contributed by atoms with Crippen molar-refractivity contribution in [2.75, 3.05) is 59.0 Å². The number of amides is 1. The van der Waals surface area contributed by atoms with Gasteiger partial charge in [-0.25, -0.2) is 4.99 Å². The quantitative estimate of drug-likeness (QED) is 0.723. The van der Waals surface area contributed by atoms with Gasteiger partial charge in [0.25, 0.3) is 5.91 Å². The van der Waals surface area contributed by atoms with Crippen LogP contribution in [0, 0.1) is 11.3 Å². The number of nitriles is 1. The lowest BCUT2D eigenvalue weighted by Gasteiger charge is -2.32. The molecule has 0 aromatic heterocycles. The van der Waals surface area contributed by atoms with Gasteiger partial charge in [0, 0.05) is 82.5 Å². The highest BCUT2D eigenvalue weighted by molar-refractivity contribution is 7.99. The van der Waals surface area contributed by atoms with Crippen LogP contribution in [0.25, 0.3) is 16.3 Å². The van der Waals surface area contributed by atoms with Gasteiger partial charge in [-0.3, -0.25) is 4.79 Å². The van der Waals surface area contributed by atoms with Crippen LogP contribution in [0.2, 0.25) is 0 Å². The van der Waals surface area contributed by atoms with Crippen LogP contribution in [0.1, 0.15) is 11.1 Å². The van der Waals surface area contributed by atoms with E-state index in [0.717, 1.165) is 77.0 Å². The van der Waals surface area contributed by atoms with Crippen LogP contribution in [-0.4, -0.2) is 60.8 Å². The number of fused-ring (bicyclic) bond motifs is 3. The highest BCUT2D eigenvalue weighted by atomic mass is 32.2. The maximum atomic E-state index is 12.5. The third-order valence-corrected chi connectivity index (χ3v) is 8.26. The van der Waals surface area contributed by atoms with Crippen molar-refractivity contribution in [2.24, 2.45) is 4.99 Å². The summed E-state index contributed by atoms with van der Waals surface area (Å²) in [6, 6.07) is 10.8. The Labute approximate surface area is 183 Å². The van der Waals surface area contributed by atoms with Gasteiger partial charge in [-0.1, -0.05) is 12.1 Å². The van der Waals surface area contributed by atoms with E-state index in [1.54, 1.807) is 0 Å². The Morgan fingerprint density at radius 1 is 0.900 bits per heavy atom. The molecule has 0 spiro atoms. The highest BCUT2D eigenvalue weighted by Crippen LogP contribution is 2.49. The van der Waals surface area contributed by atoms with Crippen LogP contribution >= 0.6 is 23.5 Å². The first-order chi connectivity index (χ1) is 14.8. The first-order valence-corrected chi connectivity index (χ1v) is 12.6. The molecule has 0 radical (unpaired) electrons. The van der Waals surface area contributed by atoms with Gasteiger partial charge in [0.15, 0.2) is 0 Å². The maximum absolute atomic E-state index is 12.5. The zero-order valence-electron chi connectivity index (χ0n) is 16.5. The predicted molar refractivity (Wildman–Crippen MR) is 127 cm³/mol. The molecule has 0 N–H and O–H groups in total. The first-order valence-electron chi connectivity index (χ1n) is 10.3. The summed E-state index contributed by atoms with van der Waals surface area (Å²) in [5, 5.41) is 12.0. The third kappa shape index (κ3) is 2.57. The van der Waals surface area contributed by atoms with Crippen molar-refractivity contribution < 1.29 is 4.79 Å². The summed E-state index contributed by atoms with van der Waals surface area (Å²) in [6.45, 7) is 4.08. The van der Waals surface area contributed by atoms with E-state index in [-0.39, 0.29) is 5.57 Å². The second kappa shape index (κ2) is 7.07. The predicted octanol–water partition coefficient (Wildman–Crippen LogP) is 3.57. The molecule has 0 unspecified atom stereocenters. The topological polar surface area (TPSA) is 59.7 Å². The maximum Gasteiger partial charge on any atom is 0.288 e. The van der Waals surface area contributed by atoms with E-state index < -0.39 is 5.91 Å². The number of nitrogens with zero attached hydrogens (tertiary/aromatic N) is 4. The summed E-state index contributed by atoms with van der Waals surface area (Å²) in [5.74, 6) is 4.10. The number of aliphatic imine (C=N–C) groups is 1. The highest BCUT2D eigenvalue weighted by Gasteiger charge is 2.39. The summed E-state index contributed by atoms with van der Waals surface area (Å²) in [6.07, 6.45) is 0. The first kappa shape index (κ1) is 18.3. The molecule has 2 saturated heterocycles. The number of rotatable bonds is 2. The van der Waals surface area contributed by atoms with Crippen molar-refractivity contribution in [3.05, 3.63) is 41.0 Å². The molecule has 3 heterocycles. The number of allylic oxidation sites excluding steroid dienone is 1. The van der Waals surface area contributed by atoms with Gasteiger partial charge in [-0.2, -0.15) is 28.8 Å². The van der Waals surface area contributed by atoms with E-state index >= 15 is 0 Å². The van der Waals surface area contributed by atoms with E-state index in [9.17, 15) is 10.1 Å². The Morgan fingerprint density at radius 2 is 1.53 bits per heavy atom. The van der Waals surface area contributed by atoms with E-state index in [2.05, 4.69) is 45.1 Å². The molecule has 6 rings (SSSR count). The van der Waals surface area contributed by atoms with Gasteiger partial charge < -0.3 is 9.80 Å². The van der Waals surface area contributed by atoms with Gasteiger partial charge in [0.2, 0.25) is 0 Å². The molecule has 2 fully saturated rings. The number of benzene rings is 2. The van der Waals surface area contributed by atoms with Crippen molar-refractivity contribution in [3.63, 3.8) is 0 Å². The van der Waals surface area contributed by atoms with Crippen molar-refractivity contribution in [1.82, 2.24) is 0 Å². The third-order valence-electron chi connectivity index (χ3n) is 6.37. The molecule has 7 heteroatoms. The van der Waals surface area contributed by atoms with Gasteiger partial charge >= 0.3 is 0 Å². The minimum absolute atomic E-state index is 0.185. The normalized spacial score (nSPS) is 20.6. The molecule has 2 aromatic carbocycles. The zero-order chi connectivity index (χ0) is 20.2. The Morgan fingerprint density at radius 3 is 2.20 bits per heavy atom. The number of hydrogen-bond acceptors (Lipinski definition) is 6. The second-order valence-electron chi connectivity index (χ2n) is 7.84. The van der Waals surface area contributed by atoms with E-state index in [0.29, 0.717) is 5.71 Å². The van der Waals surface area contributed by atoms with E-state index in [1.807, 2.05) is 23.5 Å². The van der Waals surface area contributed by atoms with Crippen LogP contribution < -0.4 is 9.80 Å². The lowest BCUT2D eigenvalue weighted by Crippen LogP contribution is -2.33. The van der Waals surface area contributed by atoms with Crippen LogP contribution in [0.4, 0.5) is 11.4 Å². The fourth-order valence-electron chi connectivity index (χ4n) is 5.00. The number of thioether (sulfide) groups is 2. The fourth-order valence-corrected chi connectivity index (χ4v) is 6.81. The van der Waals surface area contributed by atoms with E-state index in [1.165, 1.54) is 11.1 Å². The van der Waals surface area contributed by atoms with Crippen molar-refractivity contribution >= 4 is 62.9 Å². The number of carbonyl (C=O) groups is 1. The summed E-state index contributed by atoms with van der Waals surface area (Å²) < 4.78 is 0. The standard InChI is InChI=1S/C23H20N4OS2/c24-13-16-20-15-2-3-17(26-5-9-29-10-6-26)14-1-4-18(27-7-11-30-12-8-27)21(19(14)15)22(20)25-23(16)28/h1-4H,5-12H2. The smallest absolute Gasteiger partial charge is 0.288 e. The van der Waals surface area contributed by atoms with Crippen LogP contribution in [0.5, 0.6) is 0 Å². The van der Waals surface area contributed by atoms with Gasteiger partial charge in [0.05, 0.1) is 5.71 Å². The lowest BCUT2D eigenvalue weighted by atomic mass is 9.99. The van der Waals surface area contributed by atoms with Gasteiger partial charge in [0.1, 0.15) is 11.6 Å². The van der Waals surface area contributed by atoms with Crippen molar-refractivity contribution in [3.8, 4) is 6.07 Å². The number of anilines is 2. The summed E-state index contributed by atoms with van der Waals surface area (Å²) in [7, 11) is 0.